The number of phenols is 1. The molecule has 0 unspecified atom stereocenters. The van der Waals surface area contributed by atoms with Crippen LogP contribution < -0.4 is 19.5 Å². The Morgan fingerprint density at radius 3 is 2.28 bits per heavy atom. The van der Waals surface area contributed by atoms with Crippen molar-refractivity contribution in [2.45, 2.75) is 31.6 Å². The number of nitrogens with one attached hydrogen (secondary N) is 1. The maximum absolute atomic E-state index is 13.7. The molecule has 1 aliphatic carbocycles. The fourth-order valence-corrected chi connectivity index (χ4v) is 5.47. The number of Topliss-reactive ketones (excluding diaryl/α,β-unsaturated/α-hetero) is 1. The highest BCUT2D eigenvalue weighted by Crippen LogP contribution is 2.48. The number of allylic oxidation sites excluding steroid dienone is 3. The van der Waals surface area contributed by atoms with E-state index in [0.29, 0.717) is 44.8 Å². The van der Waals surface area contributed by atoms with Crippen molar-refractivity contribution in [1.82, 2.24) is 5.32 Å². The number of hydrogen-bond donors (Lipinski definition) is 2. The number of benzene rings is 2. The van der Waals surface area contributed by atoms with E-state index in [9.17, 15) is 14.7 Å². The average molecular weight is 558 g/mol. The number of phenolic OH excluding ortho intramolecular Hbond substituents is 1. The van der Waals surface area contributed by atoms with Crippen LogP contribution in [0.25, 0.3) is 0 Å². The predicted molar refractivity (Wildman–Crippen MR) is 137 cm³/mol. The van der Waals surface area contributed by atoms with Crippen LogP contribution >= 0.6 is 15.9 Å². The van der Waals surface area contributed by atoms with Gasteiger partial charge in [-0.25, -0.2) is 4.79 Å². The highest BCUT2D eigenvalue weighted by Gasteiger charge is 2.41. The van der Waals surface area contributed by atoms with E-state index in [0.717, 1.165) is 11.3 Å². The van der Waals surface area contributed by atoms with E-state index in [4.69, 9.17) is 18.9 Å². The molecule has 8 nitrogen and oxygen atoms in total. The predicted octanol–water partition coefficient (Wildman–Crippen LogP) is 4.72. The third-order valence-corrected chi connectivity index (χ3v) is 7.32. The summed E-state index contributed by atoms with van der Waals surface area (Å²) in [5.41, 5.74) is 3.80. The molecule has 2 atom stereocenters. The van der Waals surface area contributed by atoms with Crippen LogP contribution in [0.15, 0.2) is 57.3 Å². The standard InChI is InChI=1S/C27H28BrNO7/c1-13-23(27(32)36-5)24(16-8-17(28)26(31)22(12-16)35-4)25-18(29-13)9-15(10-19(25)30)14-6-7-20(33-2)21(11-14)34-3/h6-8,11-12,15,24,29,31H,9-10H2,1-5H3/t15-,24-/m1/s1. The van der Waals surface area contributed by atoms with Crippen LogP contribution in [0.3, 0.4) is 0 Å². The highest BCUT2D eigenvalue weighted by molar-refractivity contribution is 9.10. The van der Waals surface area contributed by atoms with Gasteiger partial charge in [-0.2, -0.15) is 0 Å². The lowest BCUT2D eigenvalue weighted by molar-refractivity contribution is -0.136. The molecule has 1 aliphatic heterocycles. The Morgan fingerprint density at radius 2 is 1.64 bits per heavy atom. The first-order valence-corrected chi connectivity index (χ1v) is 12.1. The molecule has 9 heteroatoms. The molecule has 0 saturated carbocycles. The maximum atomic E-state index is 13.7. The van der Waals surface area contributed by atoms with Crippen molar-refractivity contribution in [3.63, 3.8) is 0 Å². The van der Waals surface area contributed by atoms with Crippen molar-refractivity contribution in [1.29, 1.82) is 0 Å². The summed E-state index contributed by atoms with van der Waals surface area (Å²) in [6.45, 7) is 1.79. The number of ether oxygens (including phenoxy) is 4. The fraction of sp³-hybridized carbons (Fsp3) is 0.333. The lowest BCUT2D eigenvalue weighted by Gasteiger charge is -2.36. The Morgan fingerprint density at radius 1 is 0.972 bits per heavy atom. The van der Waals surface area contributed by atoms with E-state index in [1.807, 2.05) is 18.2 Å². The molecule has 0 saturated heterocycles. The molecule has 2 N–H and O–H groups in total. The van der Waals surface area contributed by atoms with Crippen molar-refractivity contribution in [2.24, 2.45) is 0 Å². The van der Waals surface area contributed by atoms with Gasteiger partial charge in [0, 0.05) is 29.3 Å². The van der Waals surface area contributed by atoms with Crippen LogP contribution in [0.4, 0.5) is 0 Å². The van der Waals surface area contributed by atoms with Gasteiger partial charge in [0.15, 0.2) is 28.8 Å². The van der Waals surface area contributed by atoms with E-state index in [1.165, 1.54) is 14.2 Å². The molecule has 0 bridgehead atoms. The maximum Gasteiger partial charge on any atom is 0.336 e. The second kappa shape index (κ2) is 10.3. The molecule has 1 heterocycles. The van der Waals surface area contributed by atoms with Crippen molar-refractivity contribution >= 4 is 27.7 Å². The summed E-state index contributed by atoms with van der Waals surface area (Å²) in [5.74, 6) is 0.00661. The first-order valence-electron chi connectivity index (χ1n) is 11.3. The van der Waals surface area contributed by atoms with Crippen LogP contribution in [0.1, 0.15) is 42.7 Å². The Balaban J connectivity index is 1.83. The number of carbonyl (C=O) groups is 2. The number of ketones is 1. The number of carbonyl (C=O) groups excluding carboxylic acids is 2. The second-order valence-electron chi connectivity index (χ2n) is 8.68. The van der Waals surface area contributed by atoms with Gasteiger partial charge in [0.1, 0.15) is 0 Å². The Labute approximate surface area is 218 Å². The Hall–Kier alpha value is -3.46. The largest absolute Gasteiger partial charge is 0.503 e. The zero-order chi connectivity index (χ0) is 26.1. The first kappa shape index (κ1) is 25.6. The second-order valence-corrected chi connectivity index (χ2v) is 9.53. The molecule has 2 aromatic carbocycles. The number of dihydropyridines is 1. The number of aromatic hydroxyl groups is 1. The zero-order valence-electron chi connectivity index (χ0n) is 20.7. The summed E-state index contributed by atoms with van der Waals surface area (Å²) in [6.07, 6.45) is 0.825. The van der Waals surface area contributed by atoms with Crippen LogP contribution in [0.2, 0.25) is 0 Å². The van der Waals surface area contributed by atoms with Gasteiger partial charge < -0.3 is 29.4 Å². The van der Waals surface area contributed by atoms with Crippen LogP contribution in [0, 0.1) is 0 Å². The summed E-state index contributed by atoms with van der Waals surface area (Å²) >= 11 is 3.36. The molecule has 0 amide bonds. The van der Waals surface area contributed by atoms with E-state index >= 15 is 0 Å². The van der Waals surface area contributed by atoms with E-state index in [1.54, 1.807) is 33.3 Å². The minimum absolute atomic E-state index is 0.0619. The molecule has 2 aromatic rings. The lowest BCUT2D eigenvalue weighted by atomic mass is 9.71. The van der Waals surface area contributed by atoms with E-state index in [2.05, 4.69) is 21.2 Å². The topological polar surface area (TPSA) is 103 Å². The van der Waals surface area contributed by atoms with Crippen molar-refractivity contribution in [3.8, 4) is 23.0 Å². The van der Waals surface area contributed by atoms with E-state index < -0.39 is 11.9 Å². The van der Waals surface area contributed by atoms with Gasteiger partial charge in [-0.15, -0.1) is 0 Å². The summed E-state index contributed by atoms with van der Waals surface area (Å²) in [4.78, 5) is 26.6. The fourth-order valence-electron chi connectivity index (χ4n) is 5.01. The SMILES string of the molecule is COC(=O)C1=C(C)NC2=C(C(=O)C[C@H](c3ccc(OC)c(OC)c3)C2)[C@@H]1c1cc(Br)c(O)c(OC)c1. The van der Waals surface area contributed by atoms with Gasteiger partial charge in [0.2, 0.25) is 0 Å². The third-order valence-electron chi connectivity index (χ3n) is 6.72. The normalized spacial score (nSPS) is 19.4. The van der Waals surface area contributed by atoms with Gasteiger partial charge in [-0.3, -0.25) is 4.79 Å². The van der Waals surface area contributed by atoms with E-state index in [-0.39, 0.29) is 29.6 Å². The molecule has 4 rings (SSSR count). The lowest BCUT2D eigenvalue weighted by Crippen LogP contribution is -2.36. The molecule has 2 aliphatic rings. The van der Waals surface area contributed by atoms with Crippen LogP contribution in [-0.4, -0.2) is 45.3 Å². The van der Waals surface area contributed by atoms with Crippen LogP contribution in [-0.2, 0) is 14.3 Å². The Kier molecular flexibility index (Phi) is 7.31. The van der Waals surface area contributed by atoms with Gasteiger partial charge in [0.05, 0.1) is 38.5 Å². The summed E-state index contributed by atoms with van der Waals surface area (Å²) < 4.78 is 21.6. The smallest absolute Gasteiger partial charge is 0.336 e. The number of esters is 1. The van der Waals surface area contributed by atoms with Gasteiger partial charge in [-0.05, 0) is 70.6 Å². The number of rotatable bonds is 6. The minimum atomic E-state index is -0.682. The number of halogens is 1. The van der Waals surface area contributed by atoms with Crippen molar-refractivity contribution < 1.29 is 33.6 Å². The molecule has 0 spiro atoms. The summed E-state index contributed by atoms with van der Waals surface area (Å²) in [5, 5.41) is 13.6. The number of methoxy groups -OCH3 is 4. The third kappa shape index (κ3) is 4.43. The molecule has 0 radical (unpaired) electrons. The molecule has 0 aromatic heterocycles. The molecular formula is C27H28BrNO7. The zero-order valence-corrected chi connectivity index (χ0v) is 22.3. The number of hydrogen-bond acceptors (Lipinski definition) is 8. The van der Waals surface area contributed by atoms with Gasteiger partial charge in [0.25, 0.3) is 0 Å². The van der Waals surface area contributed by atoms with Crippen molar-refractivity contribution in [2.75, 3.05) is 28.4 Å². The summed E-state index contributed by atoms with van der Waals surface area (Å²) in [7, 11) is 5.91. The van der Waals surface area contributed by atoms with Gasteiger partial charge >= 0.3 is 5.97 Å². The quantitative estimate of drug-likeness (QED) is 0.492. The minimum Gasteiger partial charge on any atom is -0.503 e. The highest BCUT2D eigenvalue weighted by atomic mass is 79.9. The van der Waals surface area contributed by atoms with Crippen LogP contribution in [0.5, 0.6) is 23.0 Å². The first-order chi connectivity index (χ1) is 17.2. The van der Waals surface area contributed by atoms with Crippen molar-refractivity contribution in [3.05, 3.63) is 68.5 Å². The molecular weight excluding hydrogens is 530 g/mol. The molecule has 190 valence electrons. The average Bonchev–Trinajstić information content (AvgIpc) is 2.88. The molecule has 36 heavy (non-hydrogen) atoms. The summed E-state index contributed by atoms with van der Waals surface area (Å²) in [6, 6.07) is 9.01. The monoisotopic (exact) mass is 557 g/mol. The van der Waals surface area contributed by atoms with Gasteiger partial charge in [-0.1, -0.05) is 6.07 Å². The molecule has 0 fully saturated rings. The Bertz CT molecular complexity index is 1300.